The van der Waals surface area contributed by atoms with Gasteiger partial charge in [0.05, 0.1) is 10.7 Å². The number of carbonyl (C=O) groups is 2. The smallest absolute Gasteiger partial charge is 0.295 e. The number of allylic oxidation sites excluding steroid dienone is 3. The van der Waals surface area contributed by atoms with Crippen molar-refractivity contribution >= 4 is 41.0 Å². The molecule has 35 heavy (non-hydrogen) atoms. The number of amidine groups is 1. The zero-order valence-electron chi connectivity index (χ0n) is 21.5. The van der Waals surface area contributed by atoms with E-state index in [2.05, 4.69) is 17.9 Å². The summed E-state index contributed by atoms with van der Waals surface area (Å²) < 4.78 is 0. The Morgan fingerprint density at radius 3 is 2.43 bits per heavy atom. The fraction of sp³-hybridized carbons (Fsp3) is 0.407. The monoisotopic (exact) mass is 497 g/mol. The van der Waals surface area contributed by atoms with Gasteiger partial charge < -0.3 is 9.80 Å². The summed E-state index contributed by atoms with van der Waals surface area (Å²) in [6.07, 6.45) is 17.5. The molecule has 0 aliphatic carbocycles. The third-order valence-electron chi connectivity index (χ3n) is 5.67. The Hall–Kier alpha value is -3.37. The molecule has 0 saturated carbocycles. The maximum atomic E-state index is 13.0. The normalized spacial score (nSPS) is 16.4. The van der Waals surface area contributed by atoms with Crippen LogP contribution < -0.4 is 5.01 Å². The van der Waals surface area contributed by atoms with Crippen LogP contribution in [-0.2, 0) is 4.79 Å². The molecule has 1 N–H and O–H groups in total. The summed E-state index contributed by atoms with van der Waals surface area (Å²) in [5.74, 6) is -0.644. The number of nitrogens with zero attached hydrogens (tertiary/aromatic N) is 4. The number of hydrogen-bond acceptors (Lipinski definition) is 5. The van der Waals surface area contributed by atoms with Crippen LogP contribution in [0.4, 0.5) is 5.69 Å². The molecule has 0 aromatic heterocycles. The van der Waals surface area contributed by atoms with E-state index in [-0.39, 0.29) is 11.6 Å². The van der Waals surface area contributed by atoms with Gasteiger partial charge in [-0.05, 0) is 52.8 Å². The number of benzene rings is 1. The van der Waals surface area contributed by atoms with E-state index in [1.165, 1.54) is 6.07 Å². The number of hydrazone groups is 1. The summed E-state index contributed by atoms with van der Waals surface area (Å²) in [4.78, 5) is 29.5. The van der Waals surface area contributed by atoms with Crippen LogP contribution in [0.2, 0.25) is 5.02 Å². The van der Waals surface area contributed by atoms with E-state index in [0.717, 1.165) is 0 Å². The van der Waals surface area contributed by atoms with Crippen LogP contribution in [0, 0.1) is 23.7 Å². The van der Waals surface area contributed by atoms with Crippen LogP contribution in [0.3, 0.4) is 0 Å². The minimum absolute atomic E-state index is 0.203. The molecule has 7 nitrogen and oxygen atoms in total. The number of hydrogen-bond donors (Lipinski definition) is 1. The second kappa shape index (κ2) is 13.5. The molecule has 1 saturated heterocycles. The molecule has 1 atom stereocenters. The standard InChI is InChI=1S/C25H34ClN5O2.C2H2/c1-7-9-10-13-25(4,5)24(27)30-14-15-31(18(3)17-30)23(33)22(32)19-11-12-21(20(26)16-19)29(6)28-8-2;1-2/h7-13,16,18,27H,14-15,17H2,1-6H3;1-2H/b9-7-,13-10-,27-24?,28-8-;/t18-;/m1./s1. The predicted molar refractivity (Wildman–Crippen MR) is 146 cm³/mol. The number of halogens is 1. The van der Waals surface area contributed by atoms with E-state index in [0.29, 0.717) is 36.2 Å². The number of piperazine rings is 1. The molecule has 1 aromatic rings. The molecule has 0 spiro atoms. The fourth-order valence-corrected chi connectivity index (χ4v) is 4.06. The Balaban J connectivity index is 0.00000298. The van der Waals surface area contributed by atoms with Crippen LogP contribution in [0.15, 0.2) is 47.6 Å². The molecule has 0 bridgehead atoms. The Labute approximate surface area is 214 Å². The van der Waals surface area contributed by atoms with E-state index >= 15 is 0 Å². The van der Waals surface area contributed by atoms with Crippen molar-refractivity contribution in [3.63, 3.8) is 0 Å². The third kappa shape index (κ3) is 7.56. The van der Waals surface area contributed by atoms with E-state index in [1.807, 2.05) is 56.9 Å². The Morgan fingerprint density at radius 1 is 1.23 bits per heavy atom. The number of Topliss-reactive ketones (excluding diaryl/α,β-unsaturated/α-hetero) is 1. The van der Waals surface area contributed by atoms with Gasteiger partial charge in [-0.15, -0.1) is 12.8 Å². The van der Waals surface area contributed by atoms with Crippen LogP contribution in [0.1, 0.15) is 45.0 Å². The zero-order valence-corrected chi connectivity index (χ0v) is 22.2. The van der Waals surface area contributed by atoms with Gasteiger partial charge >= 0.3 is 0 Å². The van der Waals surface area contributed by atoms with Crippen LogP contribution in [-0.4, -0.2) is 66.3 Å². The lowest BCUT2D eigenvalue weighted by atomic mass is 9.89. The second-order valence-electron chi connectivity index (χ2n) is 8.64. The first kappa shape index (κ1) is 29.7. The molecule has 0 unspecified atom stereocenters. The van der Waals surface area contributed by atoms with E-state index in [9.17, 15) is 9.59 Å². The third-order valence-corrected chi connectivity index (χ3v) is 5.98. The lowest BCUT2D eigenvalue weighted by molar-refractivity contribution is -0.130. The number of ketones is 1. The molecule has 2 rings (SSSR count). The molecule has 188 valence electrons. The van der Waals surface area contributed by atoms with Gasteiger partial charge in [0.1, 0.15) is 5.84 Å². The van der Waals surface area contributed by atoms with Crippen molar-refractivity contribution in [3.8, 4) is 12.8 Å². The second-order valence-corrected chi connectivity index (χ2v) is 9.05. The van der Waals surface area contributed by atoms with Crippen molar-refractivity contribution < 1.29 is 9.59 Å². The highest BCUT2D eigenvalue weighted by molar-refractivity contribution is 6.43. The molecule has 1 heterocycles. The highest BCUT2D eigenvalue weighted by Crippen LogP contribution is 2.27. The van der Waals surface area contributed by atoms with Crippen molar-refractivity contribution in [2.24, 2.45) is 10.5 Å². The first-order valence-corrected chi connectivity index (χ1v) is 11.8. The Bertz CT molecular complexity index is 1030. The first-order chi connectivity index (χ1) is 16.5. The molecule has 1 aliphatic rings. The molecule has 1 amide bonds. The van der Waals surface area contributed by atoms with E-state index in [1.54, 1.807) is 42.2 Å². The number of carbonyl (C=O) groups excluding carboxylic acids is 2. The molecular weight excluding hydrogens is 462 g/mol. The minimum Gasteiger partial charge on any atom is -0.356 e. The lowest BCUT2D eigenvalue weighted by Gasteiger charge is -2.43. The van der Waals surface area contributed by atoms with E-state index in [4.69, 9.17) is 17.0 Å². The molecular formula is C27H36ClN5O2. The van der Waals surface area contributed by atoms with Crippen molar-refractivity contribution in [2.75, 3.05) is 31.7 Å². The maximum absolute atomic E-state index is 13.0. The zero-order chi connectivity index (χ0) is 26.8. The summed E-state index contributed by atoms with van der Waals surface area (Å²) in [5, 5.41) is 14.8. The molecule has 0 radical (unpaired) electrons. The van der Waals surface area contributed by atoms with Gasteiger partial charge in [-0.1, -0.05) is 35.9 Å². The minimum atomic E-state index is -0.588. The number of anilines is 1. The van der Waals surface area contributed by atoms with Gasteiger partial charge in [0.15, 0.2) is 0 Å². The summed E-state index contributed by atoms with van der Waals surface area (Å²) in [5.41, 5.74) is 0.458. The molecule has 1 aliphatic heterocycles. The quantitative estimate of drug-likeness (QED) is 0.111. The largest absolute Gasteiger partial charge is 0.356 e. The van der Waals surface area contributed by atoms with Gasteiger partial charge in [0, 0.05) is 49.9 Å². The van der Waals surface area contributed by atoms with Gasteiger partial charge in [0.2, 0.25) is 5.78 Å². The number of nitrogens with one attached hydrogen (secondary N) is 1. The Kier molecular flexibility index (Phi) is 11.4. The lowest BCUT2D eigenvalue weighted by Crippen LogP contribution is -2.58. The molecule has 1 fully saturated rings. The van der Waals surface area contributed by atoms with Gasteiger partial charge in [-0.3, -0.25) is 20.0 Å². The Morgan fingerprint density at radius 2 is 1.89 bits per heavy atom. The number of terminal acetylenes is 1. The fourth-order valence-electron chi connectivity index (χ4n) is 3.76. The van der Waals surface area contributed by atoms with Gasteiger partial charge in [0.25, 0.3) is 5.91 Å². The highest BCUT2D eigenvalue weighted by atomic mass is 35.5. The first-order valence-electron chi connectivity index (χ1n) is 11.4. The van der Waals surface area contributed by atoms with Crippen LogP contribution in [0.25, 0.3) is 0 Å². The highest BCUT2D eigenvalue weighted by Gasteiger charge is 2.35. The van der Waals surface area contributed by atoms with Gasteiger partial charge in [-0.2, -0.15) is 5.10 Å². The summed E-state index contributed by atoms with van der Waals surface area (Å²) in [6.45, 7) is 11.0. The van der Waals surface area contributed by atoms with Crippen molar-refractivity contribution in [1.82, 2.24) is 9.80 Å². The van der Waals surface area contributed by atoms with E-state index < -0.39 is 17.1 Å². The number of amides is 1. The van der Waals surface area contributed by atoms with Crippen molar-refractivity contribution in [2.45, 2.75) is 40.7 Å². The van der Waals surface area contributed by atoms with Gasteiger partial charge in [-0.25, -0.2) is 0 Å². The summed E-state index contributed by atoms with van der Waals surface area (Å²) in [6, 6.07) is 4.58. The maximum Gasteiger partial charge on any atom is 0.295 e. The van der Waals surface area contributed by atoms with Crippen molar-refractivity contribution in [3.05, 3.63) is 53.1 Å². The average Bonchev–Trinajstić information content (AvgIpc) is 2.84. The van der Waals surface area contributed by atoms with Crippen LogP contribution >= 0.6 is 11.6 Å². The van der Waals surface area contributed by atoms with Crippen LogP contribution in [0.5, 0.6) is 0 Å². The summed E-state index contributed by atoms with van der Waals surface area (Å²) >= 11 is 6.33. The SMILES string of the molecule is C#C.C/C=C\C=C/C(C)(C)C(=N)N1CCN(C(=O)C(=O)c2ccc(N(C)/N=C\C)c(Cl)c2)[C@H](C)C1. The predicted octanol–water partition coefficient (Wildman–Crippen LogP) is 4.88. The summed E-state index contributed by atoms with van der Waals surface area (Å²) in [7, 11) is 1.75. The molecule has 8 heteroatoms. The average molecular weight is 498 g/mol. The topological polar surface area (TPSA) is 80.1 Å². The van der Waals surface area contributed by atoms with Crippen molar-refractivity contribution in [1.29, 1.82) is 5.41 Å². The molecule has 1 aromatic carbocycles. The number of rotatable bonds is 7.